The van der Waals surface area contributed by atoms with Gasteiger partial charge in [-0.05, 0) is 67.4 Å². The van der Waals surface area contributed by atoms with Crippen LogP contribution in [-0.4, -0.2) is 20.4 Å². The first kappa shape index (κ1) is 22.8. The molecule has 3 aromatic rings. The van der Waals surface area contributed by atoms with E-state index in [0.717, 1.165) is 11.8 Å². The average molecular weight is 468 g/mol. The molecule has 0 heterocycles. The molecule has 3 N–H and O–H groups in total. The number of carbonyl (C=O) groups is 1. The molecule has 172 valence electrons. The maximum absolute atomic E-state index is 13.8. The smallest absolute Gasteiger partial charge is 0.262 e. The molecule has 1 amide bonds. The lowest BCUT2D eigenvalue weighted by atomic mass is 9.95. The zero-order valence-corrected chi connectivity index (χ0v) is 18.9. The van der Waals surface area contributed by atoms with Gasteiger partial charge in [0.05, 0.1) is 10.6 Å². The Balaban J connectivity index is 1.42. The molecule has 6 nitrogen and oxygen atoms in total. The van der Waals surface area contributed by atoms with Gasteiger partial charge in [-0.15, -0.1) is 0 Å². The van der Waals surface area contributed by atoms with Crippen LogP contribution in [0, 0.1) is 5.82 Å². The molecule has 0 aliphatic heterocycles. The Hall–Kier alpha value is -3.39. The molecule has 8 heteroatoms. The lowest BCUT2D eigenvalue weighted by Gasteiger charge is -2.23. The van der Waals surface area contributed by atoms with Crippen LogP contribution in [0.25, 0.3) is 0 Å². The van der Waals surface area contributed by atoms with E-state index in [1.165, 1.54) is 74.6 Å². The minimum atomic E-state index is -4.06. The number of rotatable bonds is 7. The first-order valence-corrected chi connectivity index (χ1v) is 12.4. The predicted molar refractivity (Wildman–Crippen MR) is 129 cm³/mol. The Bertz CT molecular complexity index is 1220. The fourth-order valence-electron chi connectivity index (χ4n) is 3.89. The molecule has 1 saturated carbocycles. The highest BCUT2D eigenvalue weighted by atomic mass is 32.2. The highest BCUT2D eigenvalue weighted by molar-refractivity contribution is 7.92. The summed E-state index contributed by atoms with van der Waals surface area (Å²) in [5, 5.41) is 6.31. The first-order chi connectivity index (χ1) is 15.9. The van der Waals surface area contributed by atoms with Crippen LogP contribution in [-0.2, 0) is 10.0 Å². The van der Waals surface area contributed by atoms with Crippen molar-refractivity contribution in [1.29, 1.82) is 0 Å². The van der Waals surface area contributed by atoms with Gasteiger partial charge in [-0.2, -0.15) is 0 Å². The topological polar surface area (TPSA) is 87.3 Å². The second-order valence-electron chi connectivity index (χ2n) is 8.12. The number of hydrogen-bond acceptors (Lipinski definition) is 4. The zero-order chi connectivity index (χ0) is 23.3. The molecular weight excluding hydrogens is 441 g/mol. The Morgan fingerprint density at radius 1 is 0.848 bits per heavy atom. The van der Waals surface area contributed by atoms with Crippen molar-refractivity contribution in [2.45, 2.75) is 43.0 Å². The lowest BCUT2D eigenvalue weighted by Crippen LogP contribution is -2.22. The number of nitrogens with one attached hydrogen (secondary N) is 3. The van der Waals surface area contributed by atoms with Crippen molar-refractivity contribution in [2.24, 2.45) is 0 Å². The van der Waals surface area contributed by atoms with Crippen molar-refractivity contribution in [3.8, 4) is 0 Å². The summed E-state index contributed by atoms with van der Waals surface area (Å²) in [4.78, 5) is 12.6. The van der Waals surface area contributed by atoms with Gasteiger partial charge in [0.15, 0.2) is 0 Å². The molecule has 1 aliphatic carbocycles. The van der Waals surface area contributed by atoms with Crippen LogP contribution in [0.2, 0.25) is 0 Å². The van der Waals surface area contributed by atoms with Crippen LogP contribution in [0.4, 0.5) is 21.5 Å². The summed E-state index contributed by atoms with van der Waals surface area (Å²) in [7, 11) is -4.06. The van der Waals surface area contributed by atoms with Crippen LogP contribution >= 0.6 is 0 Å². The molecule has 0 spiro atoms. The Morgan fingerprint density at radius 3 is 2.27 bits per heavy atom. The second kappa shape index (κ2) is 10.0. The van der Waals surface area contributed by atoms with Gasteiger partial charge in [-0.25, -0.2) is 12.8 Å². The third-order valence-electron chi connectivity index (χ3n) is 5.64. The summed E-state index contributed by atoms with van der Waals surface area (Å²) in [6, 6.07) is 19.0. The Kier molecular flexibility index (Phi) is 6.93. The van der Waals surface area contributed by atoms with E-state index in [-0.39, 0.29) is 16.1 Å². The number of benzene rings is 3. The maximum atomic E-state index is 13.8. The molecule has 4 rings (SSSR count). The minimum absolute atomic E-state index is 0.134. The second-order valence-corrected chi connectivity index (χ2v) is 9.81. The van der Waals surface area contributed by atoms with Gasteiger partial charge in [0.25, 0.3) is 15.9 Å². The molecule has 0 atom stereocenters. The Morgan fingerprint density at radius 2 is 1.55 bits per heavy atom. The van der Waals surface area contributed by atoms with E-state index in [1.54, 1.807) is 0 Å². The molecule has 0 bridgehead atoms. The largest absolute Gasteiger partial charge is 0.382 e. The number of hydrogen-bond donors (Lipinski definition) is 3. The Labute approximate surface area is 193 Å². The van der Waals surface area contributed by atoms with Gasteiger partial charge < -0.3 is 10.6 Å². The zero-order valence-electron chi connectivity index (χ0n) is 18.1. The van der Waals surface area contributed by atoms with Crippen molar-refractivity contribution in [3.05, 3.63) is 84.2 Å². The van der Waals surface area contributed by atoms with E-state index in [9.17, 15) is 17.6 Å². The number of carbonyl (C=O) groups excluding carboxylic acids is 1. The quantitative estimate of drug-likeness (QED) is 0.421. The summed E-state index contributed by atoms with van der Waals surface area (Å²) < 4.78 is 41.4. The molecular formula is C25H26FN3O3S. The molecule has 1 fully saturated rings. The van der Waals surface area contributed by atoms with Crippen molar-refractivity contribution < 1.29 is 17.6 Å². The fraction of sp³-hybridized carbons (Fsp3) is 0.240. The third kappa shape index (κ3) is 5.90. The molecule has 3 aromatic carbocycles. The number of anilines is 3. The van der Waals surface area contributed by atoms with Crippen LogP contribution in [0.5, 0.6) is 0 Å². The highest BCUT2D eigenvalue weighted by Gasteiger charge is 2.18. The molecule has 1 aliphatic rings. The van der Waals surface area contributed by atoms with Crippen molar-refractivity contribution in [1.82, 2.24) is 0 Å². The monoisotopic (exact) mass is 467 g/mol. The van der Waals surface area contributed by atoms with E-state index in [2.05, 4.69) is 15.4 Å². The number of sulfonamides is 1. The van der Waals surface area contributed by atoms with Crippen LogP contribution in [0.1, 0.15) is 42.5 Å². The molecule has 0 aromatic heterocycles. The van der Waals surface area contributed by atoms with E-state index in [1.807, 2.05) is 24.3 Å². The van der Waals surface area contributed by atoms with Gasteiger partial charge in [-0.3, -0.25) is 9.52 Å². The molecule has 33 heavy (non-hydrogen) atoms. The van der Waals surface area contributed by atoms with Crippen LogP contribution in [0.3, 0.4) is 0 Å². The molecule has 0 radical (unpaired) electrons. The van der Waals surface area contributed by atoms with Gasteiger partial charge in [0, 0.05) is 23.0 Å². The van der Waals surface area contributed by atoms with Crippen molar-refractivity contribution in [2.75, 3.05) is 15.4 Å². The third-order valence-corrected chi connectivity index (χ3v) is 7.01. The maximum Gasteiger partial charge on any atom is 0.262 e. The SMILES string of the molecule is O=C(Nc1ccc(NC2CCCCC2)cc1)c1cccc(S(=O)(=O)Nc2ccccc2F)c1. The summed E-state index contributed by atoms with van der Waals surface area (Å²) in [5.41, 5.74) is 1.63. The minimum Gasteiger partial charge on any atom is -0.382 e. The fourth-order valence-corrected chi connectivity index (χ4v) is 5.00. The summed E-state index contributed by atoms with van der Waals surface area (Å²) in [5.74, 6) is -1.12. The van der Waals surface area contributed by atoms with E-state index < -0.39 is 21.7 Å². The van der Waals surface area contributed by atoms with Crippen molar-refractivity contribution in [3.63, 3.8) is 0 Å². The van der Waals surface area contributed by atoms with Crippen molar-refractivity contribution >= 4 is 33.0 Å². The summed E-state index contributed by atoms with van der Waals surface area (Å²) in [6.07, 6.45) is 6.13. The van der Waals surface area contributed by atoms with Gasteiger partial charge in [0.1, 0.15) is 5.82 Å². The average Bonchev–Trinajstić information content (AvgIpc) is 2.82. The van der Waals surface area contributed by atoms with E-state index in [0.29, 0.717) is 11.7 Å². The number of halogens is 1. The predicted octanol–water partition coefficient (Wildman–Crippen LogP) is 5.62. The number of amides is 1. The summed E-state index contributed by atoms with van der Waals surface area (Å²) >= 11 is 0. The molecule has 0 unspecified atom stereocenters. The highest BCUT2D eigenvalue weighted by Crippen LogP contribution is 2.23. The standard InChI is InChI=1S/C25H26FN3O3S/c26-23-11-4-5-12-24(23)29-33(31,32)22-10-6-7-18(17-22)25(30)28-21-15-13-20(14-16-21)27-19-8-2-1-3-9-19/h4-7,10-17,19,27,29H,1-3,8-9H2,(H,28,30). The van der Waals surface area contributed by atoms with Gasteiger partial charge in [0.2, 0.25) is 0 Å². The first-order valence-electron chi connectivity index (χ1n) is 11.0. The lowest BCUT2D eigenvalue weighted by molar-refractivity contribution is 0.102. The van der Waals surface area contributed by atoms with Crippen LogP contribution < -0.4 is 15.4 Å². The van der Waals surface area contributed by atoms with Gasteiger partial charge in [-0.1, -0.05) is 37.5 Å². The van der Waals surface area contributed by atoms with Gasteiger partial charge >= 0.3 is 0 Å². The van der Waals surface area contributed by atoms with Crippen LogP contribution in [0.15, 0.2) is 77.7 Å². The number of para-hydroxylation sites is 1. The molecule has 0 saturated heterocycles. The van der Waals surface area contributed by atoms with E-state index >= 15 is 0 Å². The normalized spacial score (nSPS) is 14.5. The summed E-state index contributed by atoms with van der Waals surface area (Å²) in [6.45, 7) is 0. The van der Waals surface area contributed by atoms with E-state index in [4.69, 9.17) is 0 Å².